The second-order valence-corrected chi connectivity index (χ2v) is 7.53. The van der Waals surface area contributed by atoms with Crippen molar-refractivity contribution in [1.29, 1.82) is 0 Å². The molecule has 0 bridgehead atoms. The van der Waals surface area contributed by atoms with E-state index in [-0.39, 0.29) is 10.2 Å². The van der Waals surface area contributed by atoms with Crippen molar-refractivity contribution in [3.05, 3.63) is 77.2 Å². The molecular weight excluding hydrogens is 408 g/mol. The molecule has 8 heteroatoms. The summed E-state index contributed by atoms with van der Waals surface area (Å²) in [5, 5.41) is 1.08. The molecule has 2 amide bonds. The molecule has 148 valence electrons. The Bertz CT molecular complexity index is 969. The number of hydrogen-bond donors (Lipinski definition) is 1. The van der Waals surface area contributed by atoms with E-state index in [1.54, 1.807) is 43.5 Å². The van der Waals surface area contributed by atoms with Crippen molar-refractivity contribution in [1.82, 2.24) is 10.4 Å². The van der Waals surface area contributed by atoms with Crippen LogP contribution >= 0.6 is 24.0 Å². The van der Waals surface area contributed by atoms with Crippen LogP contribution in [0.3, 0.4) is 0 Å². The van der Waals surface area contributed by atoms with Gasteiger partial charge in [0, 0.05) is 5.56 Å². The molecule has 1 N–H and O–H groups in total. The molecule has 1 heterocycles. The van der Waals surface area contributed by atoms with Gasteiger partial charge in [0.15, 0.2) is 4.32 Å². The highest BCUT2D eigenvalue weighted by atomic mass is 32.2. The number of hydrogen-bond acceptors (Lipinski definition) is 6. The Morgan fingerprint density at radius 2 is 1.83 bits per heavy atom. The van der Waals surface area contributed by atoms with Gasteiger partial charge in [0.25, 0.3) is 11.8 Å². The average molecular weight is 427 g/mol. The molecule has 0 aromatic heterocycles. The Morgan fingerprint density at radius 1 is 1.17 bits per heavy atom. The number of carbonyl (C=O) groups excluding carboxylic acids is 2. The first kappa shape index (κ1) is 20.6. The topological polar surface area (TPSA) is 67.9 Å². The lowest BCUT2D eigenvalue weighted by Gasteiger charge is -2.15. The summed E-state index contributed by atoms with van der Waals surface area (Å²) in [5.41, 5.74) is 3.76. The van der Waals surface area contributed by atoms with E-state index in [4.69, 9.17) is 21.7 Å². The predicted octanol–water partition coefficient (Wildman–Crippen LogP) is 3.81. The standard InChI is InChI=1S/C21H18N2O4S2/c1-3-12-27-17-8-4-14(5-9-17)13-18-20(25)23(21(28)29-18)22-19(24)15-6-10-16(26-2)11-7-15/h3-11,13H,1,12H2,2H3,(H,22,24). The number of thiocarbonyl (C=S) groups is 1. The van der Waals surface area contributed by atoms with Gasteiger partial charge in [-0.3, -0.25) is 15.0 Å². The third kappa shape index (κ3) is 5.04. The lowest BCUT2D eigenvalue weighted by molar-refractivity contribution is -0.123. The van der Waals surface area contributed by atoms with Crippen molar-refractivity contribution in [2.75, 3.05) is 13.7 Å². The molecular formula is C21H18N2O4S2. The monoisotopic (exact) mass is 426 g/mol. The number of nitrogens with zero attached hydrogens (tertiary/aromatic N) is 1. The molecule has 0 radical (unpaired) electrons. The van der Waals surface area contributed by atoms with Crippen molar-refractivity contribution >= 4 is 46.2 Å². The Morgan fingerprint density at radius 3 is 2.45 bits per heavy atom. The van der Waals surface area contributed by atoms with Crippen LogP contribution in [0.4, 0.5) is 0 Å². The van der Waals surface area contributed by atoms with Gasteiger partial charge in [-0.15, -0.1) is 0 Å². The summed E-state index contributed by atoms with van der Waals surface area (Å²) in [5.74, 6) is 0.528. The van der Waals surface area contributed by atoms with Crippen LogP contribution in [-0.2, 0) is 4.79 Å². The number of nitrogens with one attached hydrogen (secondary N) is 1. The molecule has 0 spiro atoms. The third-order valence-electron chi connectivity index (χ3n) is 3.90. The number of rotatable bonds is 7. The van der Waals surface area contributed by atoms with Gasteiger partial charge in [0.05, 0.1) is 12.0 Å². The smallest absolute Gasteiger partial charge is 0.285 e. The maximum Gasteiger partial charge on any atom is 0.285 e. The molecule has 2 aromatic carbocycles. The van der Waals surface area contributed by atoms with E-state index >= 15 is 0 Å². The van der Waals surface area contributed by atoms with Crippen LogP contribution in [0.1, 0.15) is 15.9 Å². The molecule has 1 fully saturated rings. The van der Waals surface area contributed by atoms with Crippen molar-refractivity contribution in [2.24, 2.45) is 0 Å². The van der Waals surface area contributed by atoms with E-state index in [0.29, 0.717) is 28.6 Å². The Labute approximate surface area is 178 Å². The lowest BCUT2D eigenvalue weighted by atomic mass is 10.2. The molecule has 0 atom stereocenters. The van der Waals surface area contributed by atoms with Crippen LogP contribution in [0.5, 0.6) is 11.5 Å². The van der Waals surface area contributed by atoms with E-state index in [9.17, 15) is 9.59 Å². The van der Waals surface area contributed by atoms with Crippen LogP contribution in [0.15, 0.2) is 66.1 Å². The van der Waals surface area contributed by atoms with Crippen molar-refractivity contribution in [2.45, 2.75) is 0 Å². The van der Waals surface area contributed by atoms with Crippen LogP contribution in [-0.4, -0.2) is 34.9 Å². The summed E-state index contributed by atoms with van der Waals surface area (Å²) >= 11 is 6.38. The molecule has 2 aromatic rings. The normalized spacial score (nSPS) is 14.8. The zero-order valence-electron chi connectivity index (χ0n) is 15.6. The minimum Gasteiger partial charge on any atom is -0.497 e. The summed E-state index contributed by atoms with van der Waals surface area (Å²) in [7, 11) is 1.54. The highest BCUT2D eigenvalue weighted by Crippen LogP contribution is 2.31. The van der Waals surface area contributed by atoms with E-state index < -0.39 is 5.91 Å². The molecule has 1 aliphatic rings. The SMILES string of the molecule is C=CCOc1ccc(C=C2SC(=S)N(NC(=O)c3ccc(OC)cc3)C2=O)cc1. The summed E-state index contributed by atoms with van der Waals surface area (Å²) in [6.45, 7) is 4.03. The quantitative estimate of drug-likeness (QED) is 0.413. The van der Waals surface area contributed by atoms with Gasteiger partial charge in [-0.2, -0.15) is 5.01 Å². The zero-order valence-corrected chi connectivity index (χ0v) is 17.2. The number of thioether (sulfide) groups is 1. The summed E-state index contributed by atoms with van der Waals surface area (Å²) in [4.78, 5) is 25.5. The van der Waals surface area contributed by atoms with Gasteiger partial charge in [-0.1, -0.05) is 36.5 Å². The maximum atomic E-state index is 12.7. The van der Waals surface area contributed by atoms with E-state index in [2.05, 4.69) is 12.0 Å². The summed E-state index contributed by atoms with van der Waals surface area (Å²) < 4.78 is 10.8. The highest BCUT2D eigenvalue weighted by Gasteiger charge is 2.33. The molecule has 0 saturated carbocycles. The number of amides is 2. The van der Waals surface area contributed by atoms with Crippen molar-refractivity contribution < 1.29 is 19.1 Å². The zero-order chi connectivity index (χ0) is 20.8. The van der Waals surface area contributed by atoms with E-state index in [0.717, 1.165) is 22.3 Å². The van der Waals surface area contributed by atoms with Crippen molar-refractivity contribution in [3.8, 4) is 11.5 Å². The maximum absolute atomic E-state index is 12.7. The van der Waals surface area contributed by atoms with Crippen LogP contribution in [0.2, 0.25) is 0 Å². The first-order chi connectivity index (χ1) is 14.0. The van der Waals surface area contributed by atoms with E-state index in [1.807, 2.05) is 24.3 Å². The van der Waals surface area contributed by atoms with Crippen LogP contribution < -0.4 is 14.9 Å². The summed E-state index contributed by atoms with van der Waals surface area (Å²) in [6.07, 6.45) is 3.38. The minimum absolute atomic E-state index is 0.258. The average Bonchev–Trinajstić information content (AvgIpc) is 3.00. The number of methoxy groups -OCH3 is 1. The van der Waals surface area contributed by atoms with Gasteiger partial charge in [0.2, 0.25) is 0 Å². The molecule has 0 unspecified atom stereocenters. The second-order valence-electron chi connectivity index (χ2n) is 5.86. The molecule has 6 nitrogen and oxygen atoms in total. The first-order valence-electron chi connectivity index (χ1n) is 8.58. The van der Waals surface area contributed by atoms with Crippen LogP contribution in [0, 0.1) is 0 Å². The molecule has 1 saturated heterocycles. The van der Waals surface area contributed by atoms with Gasteiger partial charge in [0.1, 0.15) is 18.1 Å². The fourth-order valence-electron chi connectivity index (χ4n) is 2.44. The largest absolute Gasteiger partial charge is 0.497 e. The molecule has 29 heavy (non-hydrogen) atoms. The van der Waals surface area contributed by atoms with Gasteiger partial charge in [-0.05, 0) is 60.3 Å². The fraction of sp³-hybridized carbons (Fsp3) is 0.0952. The predicted molar refractivity (Wildman–Crippen MR) is 118 cm³/mol. The van der Waals surface area contributed by atoms with Crippen LogP contribution in [0.25, 0.3) is 6.08 Å². The van der Waals surface area contributed by atoms with Gasteiger partial charge < -0.3 is 9.47 Å². The first-order valence-corrected chi connectivity index (χ1v) is 9.81. The number of carbonyl (C=O) groups is 2. The number of benzene rings is 2. The van der Waals surface area contributed by atoms with Gasteiger partial charge in [-0.25, -0.2) is 0 Å². The fourth-order valence-corrected chi connectivity index (χ4v) is 3.62. The Hall–Kier alpha value is -3.10. The highest BCUT2D eigenvalue weighted by molar-refractivity contribution is 8.26. The number of hydrazine groups is 1. The van der Waals surface area contributed by atoms with Crippen molar-refractivity contribution in [3.63, 3.8) is 0 Å². The Kier molecular flexibility index (Phi) is 6.69. The summed E-state index contributed by atoms with van der Waals surface area (Å²) in [6, 6.07) is 13.8. The minimum atomic E-state index is -0.436. The lowest BCUT2D eigenvalue weighted by Crippen LogP contribution is -2.44. The molecule has 0 aliphatic carbocycles. The van der Waals surface area contributed by atoms with E-state index in [1.165, 1.54) is 0 Å². The number of ether oxygens (including phenoxy) is 2. The van der Waals surface area contributed by atoms with Gasteiger partial charge >= 0.3 is 0 Å². The Balaban J connectivity index is 1.69. The third-order valence-corrected chi connectivity index (χ3v) is 5.21. The molecule has 1 aliphatic heterocycles. The molecule has 3 rings (SSSR count). The second kappa shape index (κ2) is 9.40.